The quantitative estimate of drug-likeness (QED) is 0.702. The van der Waals surface area contributed by atoms with Crippen LogP contribution in [0, 0.1) is 0 Å². The first kappa shape index (κ1) is 19.4. The molecule has 0 aliphatic carbocycles. The van der Waals surface area contributed by atoms with Crippen LogP contribution >= 0.6 is 15.9 Å². The van der Waals surface area contributed by atoms with E-state index in [0.717, 1.165) is 23.1 Å². The van der Waals surface area contributed by atoms with Gasteiger partial charge in [0.15, 0.2) is 0 Å². The summed E-state index contributed by atoms with van der Waals surface area (Å²) in [6.07, 6.45) is 1.61. The average Bonchev–Trinajstić information content (AvgIpc) is 3.12. The molecule has 0 radical (unpaired) electrons. The van der Waals surface area contributed by atoms with Gasteiger partial charge in [-0.05, 0) is 67.9 Å². The monoisotopic (exact) mass is 432 g/mol. The minimum Gasteiger partial charge on any atom is -0.468 e. The number of carbonyl (C=O) groups is 2. The van der Waals surface area contributed by atoms with Gasteiger partial charge in [0.25, 0.3) is 0 Å². The van der Waals surface area contributed by atoms with Crippen LogP contribution in [0.25, 0.3) is 0 Å². The van der Waals surface area contributed by atoms with Gasteiger partial charge in [0.2, 0.25) is 5.91 Å². The maximum Gasteiger partial charge on any atom is 0.323 e. The van der Waals surface area contributed by atoms with Crippen molar-refractivity contribution in [2.75, 3.05) is 25.5 Å². The largest absolute Gasteiger partial charge is 0.468 e. The van der Waals surface area contributed by atoms with Gasteiger partial charge in [-0.15, -0.1) is 0 Å². The Morgan fingerprint density at radius 3 is 2.37 bits per heavy atom. The van der Waals surface area contributed by atoms with Crippen molar-refractivity contribution in [3.05, 3.63) is 53.0 Å². The van der Waals surface area contributed by atoms with Crippen LogP contribution in [-0.4, -0.2) is 43.0 Å². The first-order valence-corrected chi connectivity index (χ1v) is 9.49. The molecule has 1 unspecified atom stereocenters. The Labute approximate surface area is 166 Å². The van der Waals surface area contributed by atoms with Gasteiger partial charge in [-0.3, -0.25) is 14.5 Å². The Bertz CT molecular complexity index is 793. The minimum absolute atomic E-state index is 0.160. The van der Waals surface area contributed by atoms with E-state index in [-0.39, 0.29) is 24.5 Å². The zero-order chi connectivity index (χ0) is 19.2. The molecule has 2 aromatic rings. The first-order valence-electron chi connectivity index (χ1n) is 8.70. The van der Waals surface area contributed by atoms with E-state index in [1.807, 2.05) is 29.2 Å². The van der Waals surface area contributed by atoms with Gasteiger partial charge in [-0.1, -0.05) is 15.9 Å². The highest BCUT2D eigenvalue weighted by Gasteiger charge is 2.32. The van der Waals surface area contributed by atoms with E-state index in [9.17, 15) is 9.59 Å². The van der Waals surface area contributed by atoms with Crippen molar-refractivity contribution in [3.63, 3.8) is 0 Å². The molecular formula is C20H21BrN2O4. The highest BCUT2D eigenvalue weighted by molar-refractivity contribution is 9.10. The molecule has 6 nitrogen and oxygen atoms in total. The van der Waals surface area contributed by atoms with E-state index in [4.69, 9.17) is 9.47 Å². The molecule has 2 aromatic carbocycles. The number of rotatable bonds is 6. The van der Waals surface area contributed by atoms with Crippen LogP contribution < -0.4 is 10.1 Å². The molecule has 142 valence electrons. The Morgan fingerprint density at radius 1 is 1.11 bits per heavy atom. The maximum atomic E-state index is 12.3. The molecule has 1 heterocycles. The van der Waals surface area contributed by atoms with E-state index in [2.05, 4.69) is 21.2 Å². The second-order valence-electron chi connectivity index (χ2n) is 6.28. The molecule has 27 heavy (non-hydrogen) atoms. The number of carbonyl (C=O) groups excluding carboxylic acids is 2. The molecule has 0 aromatic heterocycles. The number of anilines is 1. The number of methoxy groups -OCH3 is 1. The molecule has 0 bridgehead atoms. The average molecular weight is 433 g/mol. The SMILES string of the molecule is COC(=O)C1CCCN1CC(=O)Nc1ccc(Oc2ccc(Br)cc2)cc1. The fraction of sp³-hybridized carbons (Fsp3) is 0.300. The summed E-state index contributed by atoms with van der Waals surface area (Å²) >= 11 is 3.39. The highest BCUT2D eigenvalue weighted by atomic mass is 79.9. The van der Waals surface area contributed by atoms with Crippen LogP contribution in [0.2, 0.25) is 0 Å². The zero-order valence-electron chi connectivity index (χ0n) is 15.0. The van der Waals surface area contributed by atoms with Crippen LogP contribution in [0.3, 0.4) is 0 Å². The van der Waals surface area contributed by atoms with E-state index in [1.54, 1.807) is 24.3 Å². The number of esters is 1. The Balaban J connectivity index is 1.54. The normalized spacial score (nSPS) is 16.7. The van der Waals surface area contributed by atoms with Gasteiger partial charge in [-0.25, -0.2) is 0 Å². The van der Waals surface area contributed by atoms with Gasteiger partial charge in [-0.2, -0.15) is 0 Å². The van der Waals surface area contributed by atoms with Crippen molar-refractivity contribution in [3.8, 4) is 11.5 Å². The van der Waals surface area contributed by atoms with Gasteiger partial charge < -0.3 is 14.8 Å². The number of amides is 1. The Hall–Kier alpha value is -2.38. The third kappa shape index (κ3) is 5.30. The van der Waals surface area contributed by atoms with Crippen molar-refractivity contribution in [2.24, 2.45) is 0 Å². The topological polar surface area (TPSA) is 67.9 Å². The number of ether oxygens (including phenoxy) is 2. The molecule has 1 fully saturated rings. The Morgan fingerprint density at radius 2 is 1.74 bits per heavy atom. The lowest BCUT2D eigenvalue weighted by Gasteiger charge is -2.21. The summed E-state index contributed by atoms with van der Waals surface area (Å²) < 4.78 is 11.6. The predicted molar refractivity (Wildman–Crippen MR) is 106 cm³/mol. The van der Waals surface area contributed by atoms with Crippen LogP contribution in [-0.2, 0) is 14.3 Å². The standard InChI is InChI=1S/C20H21BrN2O4/c1-26-20(25)18-3-2-12-23(18)13-19(24)22-15-6-10-17(11-7-15)27-16-8-4-14(21)5-9-16/h4-11,18H,2-3,12-13H2,1H3,(H,22,24). The molecule has 1 aliphatic rings. The third-order valence-electron chi connectivity index (χ3n) is 4.37. The van der Waals surface area contributed by atoms with E-state index in [0.29, 0.717) is 18.0 Å². The molecule has 7 heteroatoms. The highest BCUT2D eigenvalue weighted by Crippen LogP contribution is 2.24. The first-order chi connectivity index (χ1) is 13.0. The van der Waals surface area contributed by atoms with Gasteiger partial charge in [0.1, 0.15) is 17.5 Å². The van der Waals surface area contributed by atoms with E-state index in [1.165, 1.54) is 7.11 Å². The second kappa shape index (κ2) is 9.01. The molecule has 1 N–H and O–H groups in total. The fourth-order valence-electron chi connectivity index (χ4n) is 3.05. The van der Waals surface area contributed by atoms with Crippen molar-refractivity contribution in [2.45, 2.75) is 18.9 Å². The summed E-state index contributed by atoms with van der Waals surface area (Å²) in [5, 5.41) is 2.85. The number of nitrogens with zero attached hydrogens (tertiary/aromatic N) is 1. The predicted octanol–water partition coefficient (Wildman–Crippen LogP) is 3.82. The lowest BCUT2D eigenvalue weighted by Crippen LogP contribution is -2.41. The van der Waals surface area contributed by atoms with Crippen molar-refractivity contribution >= 4 is 33.5 Å². The van der Waals surface area contributed by atoms with Crippen LogP contribution in [0.5, 0.6) is 11.5 Å². The van der Waals surface area contributed by atoms with Gasteiger partial charge in [0, 0.05) is 10.2 Å². The molecular weight excluding hydrogens is 412 g/mol. The van der Waals surface area contributed by atoms with Crippen molar-refractivity contribution < 1.29 is 19.1 Å². The number of hydrogen-bond acceptors (Lipinski definition) is 5. The summed E-state index contributed by atoms with van der Waals surface area (Å²) in [6.45, 7) is 0.879. The molecule has 1 aliphatic heterocycles. The number of nitrogens with one attached hydrogen (secondary N) is 1. The smallest absolute Gasteiger partial charge is 0.323 e. The lowest BCUT2D eigenvalue weighted by atomic mass is 10.2. The van der Waals surface area contributed by atoms with E-state index >= 15 is 0 Å². The van der Waals surface area contributed by atoms with Crippen molar-refractivity contribution in [1.82, 2.24) is 4.90 Å². The summed E-state index contributed by atoms with van der Waals surface area (Å²) in [6, 6.07) is 14.4. The summed E-state index contributed by atoms with van der Waals surface area (Å²) in [4.78, 5) is 25.9. The number of likely N-dealkylation sites (tertiary alicyclic amines) is 1. The summed E-state index contributed by atoms with van der Waals surface area (Å²) in [5.74, 6) is 0.973. The van der Waals surface area contributed by atoms with Gasteiger partial charge >= 0.3 is 5.97 Å². The number of hydrogen-bond donors (Lipinski definition) is 1. The molecule has 1 amide bonds. The van der Waals surface area contributed by atoms with Crippen molar-refractivity contribution in [1.29, 1.82) is 0 Å². The molecule has 1 atom stereocenters. The zero-order valence-corrected chi connectivity index (χ0v) is 16.6. The van der Waals surface area contributed by atoms with Crippen LogP contribution in [0.4, 0.5) is 5.69 Å². The third-order valence-corrected chi connectivity index (χ3v) is 4.90. The second-order valence-corrected chi connectivity index (χ2v) is 7.20. The molecule has 0 spiro atoms. The maximum absolute atomic E-state index is 12.3. The Kier molecular flexibility index (Phi) is 6.47. The lowest BCUT2D eigenvalue weighted by molar-refractivity contribution is -0.146. The van der Waals surface area contributed by atoms with E-state index < -0.39 is 0 Å². The molecule has 0 saturated carbocycles. The molecule has 1 saturated heterocycles. The summed E-state index contributed by atoms with van der Waals surface area (Å²) in [5.41, 5.74) is 0.678. The number of halogens is 1. The minimum atomic E-state index is -0.331. The van der Waals surface area contributed by atoms with Gasteiger partial charge in [0.05, 0.1) is 13.7 Å². The number of benzene rings is 2. The molecule has 3 rings (SSSR count). The van der Waals surface area contributed by atoms with Crippen LogP contribution in [0.15, 0.2) is 53.0 Å². The fourth-order valence-corrected chi connectivity index (χ4v) is 3.31. The van der Waals surface area contributed by atoms with Crippen LogP contribution in [0.1, 0.15) is 12.8 Å². The summed E-state index contributed by atoms with van der Waals surface area (Å²) in [7, 11) is 1.37.